The maximum absolute atomic E-state index is 14.0. The Kier molecular flexibility index (Phi) is 4.33. The van der Waals surface area contributed by atoms with Gasteiger partial charge >= 0.3 is 0 Å². The molecule has 3 N–H and O–H groups in total. The normalized spacial score (nSPS) is 17.2. The van der Waals surface area contributed by atoms with Crippen LogP contribution in [0, 0.1) is 5.82 Å². The molecular weight excluding hydrogens is 231 g/mol. The molecule has 0 heterocycles. The van der Waals surface area contributed by atoms with Crippen molar-refractivity contribution in [3.63, 3.8) is 0 Å². The first kappa shape index (κ1) is 13.1. The molecule has 0 saturated heterocycles. The lowest BCUT2D eigenvalue weighted by atomic mass is 9.90. The highest BCUT2D eigenvalue weighted by atomic mass is 19.1. The number of allylic oxidation sites excluding steroid dienone is 1. The van der Waals surface area contributed by atoms with E-state index in [-0.39, 0.29) is 11.9 Å². The van der Waals surface area contributed by atoms with Gasteiger partial charge in [-0.1, -0.05) is 17.7 Å². The second kappa shape index (κ2) is 5.98. The van der Waals surface area contributed by atoms with Crippen molar-refractivity contribution < 1.29 is 9.13 Å². The maximum Gasteiger partial charge on any atom is 0.132 e. The molecule has 0 bridgehead atoms. The van der Waals surface area contributed by atoms with Crippen molar-refractivity contribution in [2.75, 3.05) is 7.11 Å². The Morgan fingerprint density at radius 1 is 1.39 bits per heavy atom. The van der Waals surface area contributed by atoms with Gasteiger partial charge < -0.3 is 4.74 Å². The molecule has 2 rings (SSSR count). The number of halogens is 1. The Hall–Kier alpha value is -1.39. The highest BCUT2D eigenvalue weighted by Gasteiger charge is 2.20. The summed E-state index contributed by atoms with van der Waals surface area (Å²) in [5.74, 6) is 5.82. The van der Waals surface area contributed by atoms with Crippen molar-refractivity contribution in [2.24, 2.45) is 5.84 Å². The van der Waals surface area contributed by atoms with Crippen LogP contribution in [0.1, 0.15) is 37.3 Å². The van der Waals surface area contributed by atoms with Gasteiger partial charge in [-0.05, 0) is 31.7 Å². The van der Waals surface area contributed by atoms with Crippen molar-refractivity contribution in [3.05, 3.63) is 41.2 Å². The van der Waals surface area contributed by atoms with E-state index in [1.54, 1.807) is 12.1 Å². The minimum atomic E-state index is -0.288. The zero-order valence-electron chi connectivity index (χ0n) is 10.6. The number of nitrogens with one attached hydrogen (secondary N) is 1. The Bertz CT molecular complexity index is 445. The fourth-order valence-corrected chi connectivity index (χ4v) is 2.39. The van der Waals surface area contributed by atoms with Gasteiger partial charge in [-0.3, -0.25) is 5.84 Å². The summed E-state index contributed by atoms with van der Waals surface area (Å²) in [6.07, 6.45) is 6.52. The van der Waals surface area contributed by atoms with Crippen molar-refractivity contribution in [3.8, 4) is 5.75 Å². The first-order valence-corrected chi connectivity index (χ1v) is 6.24. The molecule has 1 unspecified atom stereocenters. The Morgan fingerprint density at radius 2 is 2.22 bits per heavy atom. The van der Waals surface area contributed by atoms with Gasteiger partial charge in [0, 0.05) is 11.6 Å². The number of hydrogen-bond acceptors (Lipinski definition) is 3. The number of benzene rings is 1. The van der Waals surface area contributed by atoms with Crippen molar-refractivity contribution in [1.29, 1.82) is 0 Å². The minimum Gasteiger partial charge on any atom is -0.497 e. The molecule has 0 aliphatic heterocycles. The average molecular weight is 250 g/mol. The second-order valence-corrected chi connectivity index (χ2v) is 4.51. The highest BCUT2D eigenvalue weighted by molar-refractivity contribution is 5.35. The summed E-state index contributed by atoms with van der Waals surface area (Å²) in [5, 5.41) is 0. The van der Waals surface area contributed by atoms with E-state index in [2.05, 4.69) is 11.5 Å². The summed E-state index contributed by atoms with van der Waals surface area (Å²) in [4.78, 5) is 0. The molecule has 18 heavy (non-hydrogen) atoms. The van der Waals surface area contributed by atoms with Crippen LogP contribution >= 0.6 is 0 Å². The molecule has 0 spiro atoms. The molecule has 0 aromatic heterocycles. The van der Waals surface area contributed by atoms with E-state index in [4.69, 9.17) is 10.6 Å². The Balaban J connectivity index is 2.29. The van der Waals surface area contributed by atoms with Gasteiger partial charge in [0.05, 0.1) is 13.2 Å². The molecule has 1 aromatic carbocycles. The van der Waals surface area contributed by atoms with E-state index in [9.17, 15) is 4.39 Å². The number of hydrogen-bond donors (Lipinski definition) is 2. The lowest BCUT2D eigenvalue weighted by Gasteiger charge is -2.23. The van der Waals surface area contributed by atoms with Gasteiger partial charge in [-0.15, -0.1) is 0 Å². The van der Waals surface area contributed by atoms with E-state index in [0.29, 0.717) is 11.3 Å². The van der Waals surface area contributed by atoms with Crippen molar-refractivity contribution >= 4 is 0 Å². The van der Waals surface area contributed by atoms with Crippen LogP contribution in [0.4, 0.5) is 4.39 Å². The van der Waals surface area contributed by atoms with E-state index >= 15 is 0 Å². The zero-order valence-corrected chi connectivity index (χ0v) is 10.6. The second-order valence-electron chi connectivity index (χ2n) is 4.51. The number of hydrazine groups is 1. The third-order valence-electron chi connectivity index (χ3n) is 3.38. The highest BCUT2D eigenvalue weighted by Crippen LogP contribution is 2.31. The first-order chi connectivity index (χ1) is 8.76. The minimum absolute atomic E-state index is 0.240. The van der Waals surface area contributed by atoms with Gasteiger partial charge in [-0.25, -0.2) is 9.82 Å². The molecule has 4 heteroatoms. The van der Waals surface area contributed by atoms with Crippen LogP contribution in [-0.4, -0.2) is 7.11 Å². The molecule has 1 aliphatic carbocycles. The quantitative estimate of drug-likeness (QED) is 0.491. The Labute approximate surface area is 107 Å². The van der Waals surface area contributed by atoms with Gasteiger partial charge in [-0.2, -0.15) is 0 Å². The molecule has 0 saturated carbocycles. The lowest BCUT2D eigenvalue weighted by molar-refractivity contribution is 0.409. The summed E-state index contributed by atoms with van der Waals surface area (Å²) in [6.45, 7) is 0. The van der Waals surface area contributed by atoms with E-state index < -0.39 is 0 Å². The van der Waals surface area contributed by atoms with Crippen LogP contribution in [0.3, 0.4) is 0 Å². The molecule has 0 amide bonds. The number of rotatable bonds is 4. The molecule has 1 aromatic rings. The predicted octanol–water partition coefficient (Wildman–Crippen LogP) is 2.84. The molecule has 3 nitrogen and oxygen atoms in total. The summed E-state index contributed by atoms with van der Waals surface area (Å²) in [5.41, 5.74) is 4.47. The smallest absolute Gasteiger partial charge is 0.132 e. The standard InChI is InChI=1S/C14H19FN2O/c1-18-11-7-8-12(13(15)9-11)14(17-16)10-5-3-2-4-6-10/h5,7-9,14,17H,2-4,6,16H2,1H3. The summed E-state index contributed by atoms with van der Waals surface area (Å²) < 4.78 is 19.0. The van der Waals surface area contributed by atoms with Crippen LogP contribution in [-0.2, 0) is 0 Å². The molecular formula is C14H19FN2O. The van der Waals surface area contributed by atoms with Crippen LogP contribution in [0.25, 0.3) is 0 Å². The van der Waals surface area contributed by atoms with Gasteiger partial charge in [0.2, 0.25) is 0 Å². The summed E-state index contributed by atoms with van der Waals surface area (Å²) >= 11 is 0. The predicted molar refractivity (Wildman–Crippen MR) is 69.6 cm³/mol. The topological polar surface area (TPSA) is 47.3 Å². The third kappa shape index (κ3) is 2.71. The van der Waals surface area contributed by atoms with Crippen LogP contribution < -0.4 is 16.0 Å². The molecule has 98 valence electrons. The SMILES string of the molecule is COc1ccc(C(NN)C2=CCCCC2)c(F)c1. The fourth-order valence-electron chi connectivity index (χ4n) is 2.39. The number of ether oxygens (including phenoxy) is 1. The molecule has 0 fully saturated rings. The van der Waals surface area contributed by atoms with Crippen LogP contribution in [0.2, 0.25) is 0 Å². The summed E-state index contributed by atoms with van der Waals surface area (Å²) in [6, 6.07) is 4.64. The van der Waals surface area contributed by atoms with Gasteiger partial charge in [0.25, 0.3) is 0 Å². The van der Waals surface area contributed by atoms with Gasteiger partial charge in [0.1, 0.15) is 11.6 Å². The fraction of sp³-hybridized carbons (Fsp3) is 0.429. The summed E-state index contributed by atoms with van der Waals surface area (Å²) in [7, 11) is 1.52. The van der Waals surface area contributed by atoms with E-state index in [0.717, 1.165) is 19.3 Å². The number of methoxy groups -OCH3 is 1. The van der Waals surface area contributed by atoms with Gasteiger partial charge in [0.15, 0.2) is 0 Å². The van der Waals surface area contributed by atoms with Crippen LogP contribution in [0.15, 0.2) is 29.8 Å². The third-order valence-corrected chi connectivity index (χ3v) is 3.38. The monoisotopic (exact) mass is 250 g/mol. The molecule has 0 radical (unpaired) electrons. The molecule has 1 aliphatic rings. The maximum atomic E-state index is 14.0. The zero-order chi connectivity index (χ0) is 13.0. The average Bonchev–Trinajstić information content (AvgIpc) is 2.42. The Morgan fingerprint density at radius 3 is 2.78 bits per heavy atom. The largest absolute Gasteiger partial charge is 0.497 e. The number of nitrogens with two attached hydrogens (primary N) is 1. The first-order valence-electron chi connectivity index (χ1n) is 6.24. The van der Waals surface area contributed by atoms with Crippen LogP contribution in [0.5, 0.6) is 5.75 Å². The van der Waals surface area contributed by atoms with E-state index in [1.807, 2.05) is 0 Å². The van der Waals surface area contributed by atoms with Crippen molar-refractivity contribution in [2.45, 2.75) is 31.7 Å². The van der Waals surface area contributed by atoms with E-state index in [1.165, 1.54) is 25.2 Å². The molecule has 1 atom stereocenters. The van der Waals surface area contributed by atoms with Crippen molar-refractivity contribution in [1.82, 2.24) is 5.43 Å². The lowest BCUT2D eigenvalue weighted by Crippen LogP contribution is -2.30.